The number of hydrogen-bond acceptors (Lipinski definition) is 4. The summed E-state index contributed by atoms with van der Waals surface area (Å²) in [4.78, 5) is 14.9. The van der Waals surface area contributed by atoms with E-state index in [4.69, 9.17) is 15.0 Å². The van der Waals surface area contributed by atoms with Crippen molar-refractivity contribution in [3.63, 3.8) is 0 Å². The van der Waals surface area contributed by atoms with Crippen molar-refractivity contribution in [3.8, 4) is 72.9 Å². The number of nitrogens with zero attached hydrogens (tertiary/aromatic N) is 4. The standard InChI is InChI=1S/C47H40N4O/c1-30-29-49-42(28-40(30)34-18-16-33(17-19-34)31-12-8-6-9-13-31)37-25-35(32-14-10-7-11-15-32)24-36(26-37)39-22-23-48-46-44(39)50-45(51(46)5)41-27-38(47(2,3)4)20-21-43(41)52/h6-29,52H,1-5H3. The van der Waals surface area contributed by atoms with E-state index in [0.29, 0.717) is 11.4 Å². The minimum atomic E-state index is -0.0831. The zero-order valence-electron chi connectivity index (χ0n) is 30.1. The van der Waals surface area contributed by atoms with Crippen molar-refractivity contribution in [2.75, 3.05) is 0 Å². The molecular weight excluding hydrogens is 637 g/mol. The van der Waals surface area contributed by atoms with Crippen molar-refractivity contribution in [3.05, 3.63) is 157 Å². The maximum absolute atomic E-state index is 11.0. The van der Waals surface area contributed by atoms with E-state index in [0.717, 1.165) is 66.9 Å². The van der Waals surface area contributed by atoms with Crippen LogP contribution in [0.15, 0.2) is 146 Å². The van der Waals surface area contributed by atoms with E-state index < -0.39 is 0 Å². The first-order valence-corrected chi connectivity index (χ1v) is 17.6. The van der Waals surface area contributed by atoms with E-state index in [1.807, 2.05) is 54.3 Å². The van der Waals surface area contributed by atoms with Gasteiger partial charge in [0.15, 0.2) is 5.65 Å². The van der Waals surface area contributed by atoms with Crippen LogP contribution in [0.2, 0.25) is 0 Å². The van der Waals surface area contributed by atoms with Gasteiger partial charge in [0.1, 0.15) is 17.1 Å². The van der Waals surface area contributed by atoms with Gasteiger partial charge in [-0.15, -0.1) is 0 Å². The fourth-order valence-corrected chi connectivity index (χ4v) is 6.93. The van der Waals surface area contributed by atoms with Crippen molar-refractivity contribution >= 4 is 11.2 Å². The Kier molecular flexibility index (Phi) is 8.27. The molecular formula is C47H40N4O. The summed E-state index contributed by atoms with van der Waals surface area (Å²) in [6.45, 7) is 8.62. The van der Waals surface area contributed by atoms with Crippen LogP contribution in [0, 0.1) is 6.92 Å². The highest BCUT2D eigenvalue weighted by Gasteiger charge is 2.22. The highest BCUT2D eigenvalue weighted by molar-refractivity contribution is 5.95. The summed E-state index contributed by atoms with van der Waals surface area (Å²) in [5.74, 6) is 0.860. The molecule has 0 fully saturated rings. The van der Waals surface area contributed by atoms with E-state index in [1.165, 1.54) is 11.1 Å². The molecule has 0 aliphatic heterocycles. The topological polar surface area (TPSA) is 63.8 Å². The summed E-state index contributed by atoms with van der Waals surface area (Å²) in [5.41, 5.74) is 15.1. The quantitative estimate of drug-likeness (QED) is 0.190. The van der Waals surface area contributed by atoms with E-state index in [9.17, 15) is 5.11 Å². The molecule has 0 radical (unpaired) electrons. The third-order valence-electron chi connectivity index (χ3n) is 9.91. The second-order valence-electron chi connectivity index (χ2n) is 14.5. The molecule has 8 aromatic rings. The van der Waals surface area contributed by atoms with Gasteiger partial charge in [0.05, 0.1) is 11.3 Å². The lowest BCUT2D eigenvalue weighted by Crippen LogP contribution is -2.11. The lowest BCUT2D eigenvalue weighted by Gasteiger charge is -2.20. The maximum atomic E-state index is 11.0. The van der Waals surface area contributed by atoms with Crippen LogP contribution in [0.3, 0.4) is 0 Å². The van der Waals surface area contributed by atoms with Crippen LogP contribution in [0.5, 0.6) is 5.75 Å². The molecule has 0 spiro atoms. The Balaban J connectivity index is 1.27. The Bertz CT molecular complexity index is 2560. The van der Waals surface area contributed by atoms with Gasteiger partial charge >= 0.3 is 0 Å². The first kappa shape index (κ1) is 32.9. The molecule has 0 aliphatic carbocycles. The van der Waals surface area contributed by atoms with E-state index in [1.54, 1.807) is 6.07 Å². The van der Waals surface area contributed by atoms with Crippen molar-refractivity contribution in [2.45, 2.75) is 33.1 Å². The fourth-order valence-electron chi connectivity index (χ4n) is 6.93. The maximum Gasteiger partial charge on any atom is 0.160 e. The molecule has 0 saturated carbocycles. The van der Waals surface area contributed by atoms with Crippen LogP contribution >= 0.6 is 0 Å². The van der Waals surface area contributed by atoms with Crippen LogP contribution < -0.4 is 0 Å². The Morgan fingerprint density at radius 2 is 1.17 bits per heavy atom. The number of aromatic hydroxyl groups is 1. The predicted molar refractivity (Wildman–Crippen MR) is 214 cm³/mol. The van der Waals surface area contributed by atoms with Crippen LogP contribution in [0.25, 0.3) is 78.3 Å². The molecule has 3 aromatic heterocycles. The molecule has 8 rings (SSSR count). The Labute approximate surface area is 305 Å². The van der Waals surface area contributed by atoms with Gasteiger partial charge in [-0.2, -0.15) is 0 Å². The molecule has 5 nitrogen and oxygen atoms in total. The lowest BCUT2D eigenvalue weighted by molar-refractivity contribution is 0.475. The molecule has 1 N–H and O–H groups in total. The number of pyridine rings is 2. The fraction of sp³-hybridized carbons (Fsp3) is 0.128. The van der Waals surface area contributed by atoms with Crippen LogP contribution in [-0.4, -0.2) is 24.6 Å². The number of phenols is 1. The lowest BCUT2D eigenvalue weighted by atomic mass is 9.86. The Morgan fingerprint density at radius 3 is 1.87 bits per heavy atom. The summed E-state index contributed by atoms with van der Waals surface area (Å²) in [7, 11) is 1.96. The molecule has 0 unspecified atom stereocenters. The van der Waals surface area contributed by atoms with Gasteiger partial charge in [-0.05, 0) is 105 Å². The van der Waals surface area contributed by atoms with Crippen LogP contribution in [0.4, 0.5) is 0 Å². The zero-order chi connectivity index (χ0) is 36.0. The second-order valence-corrected chi connectivity index (χ2v) is 14.5. The summed E-state index contributed by atoms with van der Waals surface area (Å²) in [6.07, 6.45) is 3.81. The SMILES string of the molecule is Cc1cnc(-c2cc(-c3ccccc3)cc(-c3ccnc4c3nc(-c3cc(C(C)(C)C)ccc3O)n4C)c2)cc1-c1ccc(-c2ccccc2)cc1. The average molecular weight is 677 g/mol. The van der Waals surface area contributed by atoms with Gasteiger partial charge in [0.2, 0.25) is 0 Å². The van der Waals surface area contributed by atoms with Gasteiger partial charge in [0.25, 0.3) is 0 Å². The number of rotatable bonds is 6. The second kappa shape index (κ2) is 13.1. The van der Waals surface area contributed by atoms with Crippen LogP contribution in [-0.2, 0) is 12.5 Å². The summed E-state index contributed by atoms with van der Waals surface area (Å²) in [6, 6.07) is 46.3. The molecule has 52 heavy (non-hydrogen) atoms. The average Bonchev–Trinajstić information content (AvgIpc) is 3.51. The molecule has 3 heterocycles. The molecule has 0 aliphatic rings. The number of fused-ring (bicyclic) bond motifs is 1. The molecule has 254 valence electrons. The molecule has 5 aromatic carbocycles. The Hall–Kier alpha value is -6.33. The summed E-state index contributed by atoms with van der Waals surface area (Å²) in [5, 5.41) is 11.0. The smallest absolute Gasteiger partial charge is 0.160 e. The minimum absolute atomic E-state index is 0.0831. The first-order chi connectivity index (χ1) is 25.1. The molecule has 0 amide bonds. The normalized spacial score (nSPS) is 11.6. The van der Waals surface area contributed by atoms with Gasteiger partial charge in [0, 0.05) is 30.6 Å². The first-order valence-electron chi connectivity index (χ1n) is 17.6. The van der Waals surface area contributed by atoms with Crippen molar-refractivity contribution in [2.24, 2.45) is 7.05 Å². The van der Waals surface area contributed by atoms with E-state index in [2.05, 4.69) is 125 Å². The van der Waals surface area contributed by atoms with Gasteiger partial charge in [-0.3, -0.25) is 4.98 Å². The monoisotopic (exact) mass is 676 g/mol. The van der Waals surface area contributed by atoms with Crippen molar-refractivity contribution in [1.82, 2.24) is 19.5 Å². The van der Waals surface area contributed by atoms with Crippen molar-refractivity contribution < 1.29 is 5.11 Å². The highest BCUT2D eigenvalue weighted by atomic mass is 16.3. The van der Waals surface area contributed by atoms with E-state index >= 15 is 0 Å². The van der Waals surface area contributed by atoms with Crippen LogP contribution in [0.1, 0.15) is 31.9 Å². The summed E-state index contributed by atoms with van der Waals surface area (Å²) >= 11 is 0. The van der Waals surface area contributed by atoms with Crippen molar-refractivity contribution in [1.29, 1.82) is 0 Å². The van der Waals surface area contributed by atoms with Gasteiger partial charge < -0.3 is 9.67 Å². The van der Waals surface area contributed by atoms with Gasteiger partial charge in [-0.1, -0.05) is 112 Å². The number of aryl methyl sites for hydroxylation is 2. The molecule has 0 saturated heterocycles. The van der Waals surface area contributed by atoms with Gasteiger partial charge in [-0.25, -0.2) is 9.97 Å². The number of imidazole rings is 1. The minimum Gasteiger partial charge on any atom is -0.507 e. The molecule has 5 heteroatoms. The highest BCUT2D eigenvalue weighted by Crippen LogP contribution is 2.39. The molecule has 0 atom stereocenters. The largest absolute Gasteiger partial charge is 0.507 e. The third-order valence-corrected chi connectivity index (χ3v) is 9.91. The number of hydrogen-bond donors (Lipinski definition) is 1. The molecule has 0 bridgehead atoms. The predicted octanol–water partition coefficient (Wildman–Crippen LogP) is 11.7. The number of phenolic OH excluding ortho intramolecular Hbond substituents is 1. The zero-order valence-corrected chi connectivity index (χ0v) is 30.1. The third kappa shape index (κ3) is 6.15. The number of aromatic nitrogens is 4. The number of benzene rings is 5. The van der Waals surface area contributed by atoms with E-state index in [-0.39, 0.29) is 11.2 Å². The summed E-state index contributed by atoms with van der Waals surface area (Å²) < 4.78 is 1.97. The Morgan fingerprint density at radius 1 is 0.558 bits per heavy atom.